The van der Waals surface area contributed by atoms with Crippen molar-refractivity contribution in [3.8, 4) is 0 Å². The SMILES string of the molecule is CC(NC1C2CCCOC2C1(C)C)c1ccc(Cl)cc1Cl. The van der Waals surface area contributed by atoms with Crippen LogP contribution < -0.4 is 5.32 Å². The minimum atomic E-state index is 0.179. The third kappa shape index (κ3) is 2.72. The largest absolute Gasteiger partial charge is 0.377 e. The van der Waals surface area contributed by atoms with Crippen LogP contribution in [0.5, 0.6) is 0 Å². The van der Waals surface area contributed by atoms with Crippen LogP contribution in [0.25, 0.3) is 0 Å². The summed E-state index contributed by atoms with van der Waals surface area (Å²) >= 11 is 12.3. The van der Waals surface area contributed by atoms with E-state index in [1.165, 1.54) is 12.8 Å². The second kappa shape index (κ2) is 5.73. The number of rotatable bonds is 3. The number of hydrogen-bond acceptors (Lipinski definition) is 2. The van der Waals surface area contributed by atoms with Crippen LogP contribution in [0, 0.1) is 11.3 Å². The highest BCUT2D eigenvalue weighted by Crippen LogP contribution is 2.52. The van der Waals surface area contributed by atoms with Crippen molar-refractivity contribution in [3.63, 3.8) is 0 Å². The Morgan fingerprint density at radius 1 is 1.33 bits per heavy atom. The molecule has 21 heavy (non-hydrogen) atoms. The molecule has 2 nitrogen and oxygen atoms in total. The van der Waals surface area contributed by atoms with Gasteiger partial charge in [-0.1, -0.05) is 43.1 Å². The van der Waals surface area contributed by atoms with Gasteiger partial charge in [0.15, 0.2) is 0 Å². The van der Waals surface area contributed by atoms with E-state index in [4.69, 9.17) is 27.9 Å². The van der Waals surface area contributed by atoms with Gasteiger partial charge in [-0.25, -0.2) is 0 Å². The van der Waals surface area contributed by atoms with Gasteiger partial charge < -0.3 is 10.1 Å². The summed E-state index contributed by atoms with van der Waals surface area (Å²) in [6.45, 7) is 7.68. The highest BCUT2D eigenvalue weighted by Gasteiger charge is 2.57. The predicted molar refractivity (Wildman–Crippen MR) is 88.0 cm³/mol. The minimum absolute atomic E-state index is 0.179. The van der Waals surface area contributed by atoms with Gasteiger partial charge in [0.1, 0.15) is 0 Å². The lowest BCUT2D eigenvalue weighted by Gasteiger charge is -2.60. The number of hydrogen-bond donors (Lipinski definition) is 1. The zero-order chi connectivity index (χ0) is 15.2. The average Bonchev–Trinajstić information content (AvgIpc) is 2.44. The van der Waals surface area contributed by atoms with Crippen LogP contribution in [-0.4, -0.2) is 18.8 Å². The van der Waals surface area contributed by atoms with E-state index in [0.717, 1.165) is 17.2 Å². The Hall–Kier alpha value is -0.280. The zero-order valence-corrected chi connectivity index (χ0v) is 14.3. The lowest BCUT2D eigenvalue weighted by molar-refractivity contribution is -0.194. The first-order valence-electron chi connectivity index (χ1n) is 7.74. The van der Waals surface area contributed by atoms with Crippen LogP contribution in [0.15, 0.2) is 18.2 Å². The second-order valence-corrected chi connectivity index (χ2v) is 7.79. The molecule has 116 valence electrons. The molecule has 1 saturated heterocycles. The van der Waals surface area contributed by atoms with E-state index in [2.05, 4.69) is 26.1 Å². The van der Waals surface area contributed by atoms with Crippen molar-refractivity contribution >= 4 is 23.2 Å². The lowest BCUT2D eigenvalue weighted by Crippen LogP contribution is -2.69. The van der Waals surface area contributed by atoms with Gasteiger partial charge in [0.05, 0.1) is 6.10 Å². The number of benzene rings is 1. The number of ether oxygens (including phenoxy) is 1. The fourth-order valence-corrected chi connectivity index (χ4v) is 4.64. The molecule has 1 heterocycles. The van der Waals surface area contributed by atoms with E-state index in [0.29, 0.717) is 23.1 Å². The fourth-order valence-electron chi connectivity index (χ4n) is 4.07. The Morgan fingerprint density at radius 2 is 2.10 bits per heavy atom. The summed E-state index contributed by atoms with van der Waals surface area (Å²) in [6.07, 6.45) is 2.83. The number of fused-ring (bicyclic) bond motifs is 1. The topological polar surface area (TPSA) is 21.3 Å². The maximum Gasteiger partial charge on any atom is 0.0684 e. The van der Waals surface area contributed by atoms with Gasteiger partial charge >= 0.3 is 0 Å². The first-order chi connectivity index (χ1) is 9.91. The Kier molecular flexibility index (Phi) is 4.26. The summed E-state index contributed by atoms with van der Waals surface area (Å²) in [5, 5.41) is 5.19. The molecule has 2 fully saturated rings. The minimum Gasteiger partial charge on any atom is -0.377 e. The molecule has 1 aromatic carbocycles. The highest BCUT2D eigenvalue weighted by atomic mass is 35.5. The van der Waals surface area contributed by atoms with Gasteiger partial charge in [0.25, 0.3) is 0 Å². The maximum atomic E-state index is 6.33. The van der Waals surface area contributed by atoms with Crippen molar-refractivity contribution in [3.05, 3.63) is 33.8 Å². The Labute approximate surface area is 137 Å². The van der Waals surface area contributed by atoms with Crippen LogP contribution >= 0.6 is 23.2 Å². The Morgan fingerprint density at radius 3 is 2.81 bits per heavy atom. The smallest absolute Gasteiger partial charge is 0.0684 e. The van der Waals surface area contributed by atoms with Gasteiger partial charge in [-0.2, -0.15) is 0 Å². The first-order valence-corrected chi connectivity index (χ1v) is 8.49. The molecule has 1 aliphatic carbocycles. The summed E-state index contributed by atoms with van der Waals surface area (Å²) in [4.78, 5) is 0. The number of nitrogens with one attached hydrogen (secondary N) is 1. The van der Waals surface area contributed by atoms with Gasteiger partial charge in [0, 0.05) is 40.1 Å². The first kappa shape index (κ1) is 15.6. The molecule has 2 aliphatic rings. The third-order valence-electron chi connectivity index (χ3n) is 5.19. The third-order valence-corrected chi connectivity index (χ3v) is 5.75. The summed E-state index contributed by atoms with van der Waals surface area (Å²) in [5.41, 5.74) is 1.29. The van der Waals surface area contributed by atoms with Crippen LogP contribution in [-0.2, 0) is 4.74 Å². The molecule has 0 amide bonds. The Bertz CT molecular complexity index is 532. The molecule has 3 rings (SSSR count). The summed E-state index contributed by atoms with van der Waals surface area (Å²) in [6, 6.07) is 6.42. The molecule has 0 bridgehead atoms. The van der Waals surface area contributed by atoms with Crippen molar-refractivity contribution in [1.82, 2.24) is 5.32 Å². The Balaban J connectivity index is 1.73. The number of halogens is 2. The highest BCUT2D eigenvalue weighted by molar-refractivity contribution is 6.35. The molecule has 4 heteroatoms. The fraction of sp³-hybridized carbons (Fsp3) is 0.647. The van der Waals surface area contributed by atoms with Gasteiger partial charge in [0.2, 0.25) is 0 Å². The van der Waals surface area contributed by atoms with E-state index in [9.17, 15) is 0 Å². The summed E-state index contributed by atoms with van der Waals surface area (Å²) < 4.78 is 5.97. The van der Waals surface area contributed by atoms with Crippen molar-refractivity contribution in [2.75, 3.05) is 6.61 Å². The van der Waals surface area contributed by atoms with Crippen LogP contribution in [0.1, 0.15) is 45.2 Å². The monoisotopic (exact) mass is 327 g/mol. The van der Waals surface area contributed by atoms with Crippen molar-refractivity contribution in [1.29, 1.82) is 0 Å². The summed E-state index contributed by atoms with van der Waals surface area (Å²) in [5.74, 6) is 0.627. The standard InChI is InChI=1S/C17H23Cl2NO/c1-10(12-7-6-11(18)9-14(12)19)20-15-13-5-4-8-21-16(13)17(15,2)3/h6-7,9-10,13,15-16,20H,4-5,8H2,1-3H3. The molecule has 4 unspecified atom stereocenters. The molecular formula is C17H23Cl2NO. The normalized spacial score (nSPS) is 32.1. The predicted octanol–water partition coefficient (Wildman–Crippen LogP) is 4.85. The molecule has 1 saturated carbocycles. The quantitative estimate of drug-likeness (QED) is 0.856. The molecule has 0 aromatic heterocycles. The van der Waals surface area contributed by atoms with Crippen molar-refractivity contribution in [2.24, 2.45) is 11.3 Å². The van der Waals surface area contributed by atoms with Crippen LogP contribution in [0.3, 0.4) is 0 Å². The van der Waals surface area contributed by atoms with E-state index in [1.54, 1.807) is 0 Å². The van der Waals surface area contributed by atoms with E-state index >= 15 is 0 Å². The van der Waals surface area contributed by atoms with E-state index in [1.807, 2.05) is 18.2 Å². The molecule has 1 N–H and O–H groups in total. The van der Waals surface area contributed by atoms with Gasteiger partial charge in [-0.15, -0.1) is 0 Å². The van der Waals surface area contributed by atoms with Crippen molar-refractivity contribution < 1.29 is 4.74 Å². The molecule has 1 aromatic rings. The molecule has 0 spiro atoms. The average molecular weight is 328 g/mol. The van der Waals surface area contributed by atoms with E-state index < -0.39 is 0 Å². The van der Waals surface area contributed by atoms with E-state index in [-0.39, 0.29) is 11.5 Å². The second-order valence-electron chi connectivity index (χ2n) is 6.95. The van der Waals surface area contributed by atoms with Gasteiger partial charge in [-0.3, -0.25) is 0 Å². The molecule has 1 aliphatic heterocycles. The molecular weight excluding hydrogens is 305 g/mol. The molecule has 0 radical (unpaired) electrons. The van der Waals surface area contributed by atoms with Crippen LogP contribution in [0.2, 0.25) is 10.0 Å². The molecule has 4 atom stereocenters. The zero-order valence-electron chi connectivity index (χ0n) is 12.8. The lowest BCUT2D eigenvalue weighted by atomic mass is 9.55. The van der Waals surface area contributed by atoms with Crippen LogP contribution in [0.4, 0.5) is 0 Å². The van der Waals surface area contributed by atoms with Gasteiger partial charge in [-0.05, 0) is 37.5 Å². The summed E-state index contributed by atoms with van der Waals surface area (Å²) in [7, 11) is 0. The maximum absolute atomic E-state index is 6.33. The van der Waals surface area contributed by atoms with Crippen molar-refractivity contribution in [2.45, 2.75) is 51.8 Å².